The van der Waals surface area contributed by atoms with Crippen molar-refractivity contribution in [3.63, 3.8) is 0 Å². The van der Waals surface area contributed by atoms with E-state index in [0.29, 0.717) is 6.54 Å². The van der Waals surface area contributed by atoms with Crippen molar-refractivity contribution < 1.29 is 8.78 Å². The van der Waals surface area contributed by atoms with Crippen LogP contribution in [0.25, 0.3) is 0 Å². The van der Waals surface area contributed by atoms with Gasteiger partial charge in [-0.15, -0.1) is 0 Å². The zero-order valence-electron chi connectivity index (χ0n) is 10.7. The molecule has 18 heavy (non-hydrogen) atoms. The van der Waals surface area contributed by atoms with Crippen LogP contribution in [-0.2, 0) is 0 Å². The average Bonchev–Trinajstić information content (AvgIpc) is 2.27. The van der Waals surface area contributed by atoms with E-state index in [2.05, 4.69) is 4.90 Å². The molecule has 2 N–H and O–H groups in total. The van der Waals surface area contributed by atoms with Gasteiger partial charge in [-0.2, -0.15) is 0 Å². The van der Waals surface area contributed by atoms with Crippen molar-refractivity contribution in [1.29, 1.82) is 0 Å². The quantitative estimate of drug-likeness (QED) is 0.875. The van der Waals surface area contributed by atoms with Crippen LogP contribution in [0.15, 0.2) is 18.2 Å². The maximum absolute atomic E-state index is 13.5. The second-order valence-electron chi connectivity index (χ2n) is 5.29. The van der Waals surface area contributed by atoms with E-state index in [0.717, 1.165) is 24.6 Å². The third kappa shape index (κ3) is 3.27. The van der Waals surface area contributed by atoms with Gasteiger partial charge in [0.15, 0.2) is 0 Å². The minimum atomic E-state index is -0.481. The Morgan fingerprint density at radius 1 is 1.39 bits per heavy atom. The Bertz CT molecular complexity index is 405. The Morgan fingerprint density at radius 3 is 2.72 bits per heavy atom. The first kappa shape index (κ1) is 13.4. The van der Waals surface area contributed by atoms with E-state index in [4.69, 9.17) is 5.73 Å². The van der Waals surface area contributed by atoms with Crippen molar-refractivity contribution in [3.8, 4) is 0 Å². The molecule has 0 heterocycles. The summed E-state index contributed by atoms with van der Waals surface area (Å²) in [5.74, 6) is -0.121. The molecule has 0 amide bonds. The lowest BCUT2D eigenvalue weighted by atomic mass is 9.85. The highest BCUT2D eigenvalue weighted by atomic mass is 19.1. The summed E-state index contributed by atoms with van der Waals surface area (Å²) in [7, 11) is 1.98. The van der Waals surface area contributed by atoms with Crippen molar-refractivity contribution in [2.24, 2.45) is 11.7 Å². The summed E-state index contributed by atoms with van der Waals surface area (Å²) in [6.07, 6.45) is 3.85. The largest absolute Gasteiger partial charge is 0.323 e. The molecular weight excluding hydrogens is 234 g/mol. The molecule has 100 valence electrons. The lowest BCUT2D eigenvalue weighted by molar-refractivity contribution is 0.197. The normalized spacial score (nSPS) is 17.8. The van der Waals surface area contributed by atoms with Gasteiger partial charge in [-0.1, -0.05) is 6.42 Å². The highest BCUT2D eigenvalue weighted by Gasteiger charge is 2.21. The number of rotatable bonds is 5. The van der Waals surface area contributed by atoms with Crippen molar-refractivity contribution in [2.75, 3.05) is 20.1 Å². The lowest BCUT2D eigenvalue weighted by Crippen LogP contribution is -2.35. The molecule has 1 aliphatic rings. The molecule has 1 unspecified atom stereocenters. The van der Waals surface area contributed by atoms with E-state index < -0.39 is 17.7 Å². The third-order valence-electron chi connectivity index (χ3n) is 3.66. The van der Waals surface area contributed by atoms with Crippen LogP contribution >= 0.6 is 0 Å². The second kappa shape index (κ2) is 5.76. The Kier molecular flexibility index (Phi) is 4.30. The molecule has 1 aromatic rings. The predicted molar refractivity (Wildman–Crippen MR) is 68.1 cm³/mol. The summed E-state index contributed by atoms with van der Waals surface area (Å²) < 4.78 is 26.6. The van der Waals surface area contributed by atoms with E-state index in [1.165, 1.54) is 25.3 Å². The standard InChI is InChI=1S/C14H20F2N2/c1-18(8-10-3-2-4-10)9-14(17)12-7-11(15)5-6-13(12)16/h5-7,10,14H,2-4,8-9,17H2,1H3. The molecule has 1 atom stereocenters. The summed E-state index contributed by atoms with van der Waals surface area (Å²) in [4.78, 5) is 2.11. The minimum absolute atomic E-state index is 0.260. The molecule has 1 aliphatic carbocycles. The van der Waals surface area contributed by atoms with E-state index in [-0.39, 0.29) is 5.56 Å². The molecule has 0 saturated heterocycles. The number of nitrogens with zero attached hydrogens (tertiary/aromatic N) is 1. The van der Waals surface area contributed by atoms with Gasteiger partial charge in [-0.3, -0.25) is 0 Å². The first-order valence-electron chi connectivity index (χ1n) is 6.45. The van der Waals surface area contributed by atoms with Crippen molar-refractivity contribution in [3.05, 3.63) is 35.4 Å². The minimum Gasteiger partial charge on any atom is -0.323 e. The number of likely N-dealkylation sites (N-methyl/N-ethyl adjacent to an activating group) is 1. The molecule has 4 heteroatoms. The molecule has 1 saturated carbocycles. The van der Waals surface area contributed by atoms with Crippen LogP contribution in [0.4, 0.5) is 8.78 Å². The Hall–Kier alpha value is -1.00. The van der Waals surface area contributed by atoms with Gasteiger partial charge in [-0.25, -0.2) is 8.78 Å². The van der Waals surface area contributed by atoms with Gasteiger partial charge in [-0.05, 0) is 44.0 Å². The van der Waals surface area contributed by atoms with Crippen LogP contribution in [0.5, 0.6) is 0 Å². The molecule has 0 radical (unpaired) electrons. The topological polar surface area (TPSA) is 29.3 Å². The summed E-state index contributed by atoms with van der Waals surface area (Å²) in [6.45, 7) is 1.54. The molecule has 0 bridgehead atoms. The van der Waals surface area contributed by atoms with Gasteiger partial charge in [0.05, 0.1) is 0 Å². The first-order valence-corrected chi connectivity index (χ1v) is 6.45. The van der Waals surface area contributed by atoms with Gasteiger partial charge in [0.1, 0.15) is 11.6 Å². The fourth-order valence-corrected chi connectivity index (χ4v) is 2.42. The van der Waals surface area contributed by atoms with Gasteiger partial charge < -0.3 is 10.6 Å². The lowest BCUT2D eigenvalue weighted by Gasteiger charge is -2.31. The third-order valence-corrected chi connectivity index (χ3v) is 3.66. The summed E-state index contributed by atoms with van der Waals surface area (Å²) in [5, 5.41) is 0. The fourth-order valence-electron chi connectivity index (χ4n) is 2.42. The Labute approximate surface area is 107 Å². The first-order chi connectivity index (χ1) is 8.56. The molecule has 0 spiro atoms. The van der Waals surface area contributed by atoms with E-state index >= 15 is 0 Å². The molecule has 2 nitrogen and oxygen atoms in total. The number of benzene rings is 1. The Morgan fingerprint density at radius 2 is 2.11 bits per heavy atom. The molecule has 2 rings (SSSR count). The summed E-state index contributed by atoms with van der Waals surface area (Å²) in [6, 6.07) is 2.96. The van der Waals surface area contributed by atoms with Gasteiger partial charge in [0, 0.05) is 24.7 Å². The van der Waals surface area contributed by atoms with E-state index in [1.54, 1.807) is 0 Å². The van der Waals surface area contributed by atoms with Crippen LogP contribution in [-0.4, -0.2) is 25.0 Å². The van der Waals surface area contributed by atoms with Crippen molar-refractivity contribution >= 4 is 0 Å². The van der Waals surface area contributed by atoms with Crippen molar-refractivity contribution in [2.45, 2.75) is 25.3 Å². The van der Waals surface area contributed by atoms with Gasteiger partial charge in [0.25, 0.3) is 0 Å². The maximum Gasteiger partial charge on any atom is 0.128 e. The van der Waals surface area contributed by atoms with E-state index in [9.17, 15) is 8.78 Å². The summed E-state index contributed by atoms with van der Waals surface area (Å²) >= 11 is 0. The number of nitrogens with two attached hydrogens (primary N) is 1. The molecule has 1 aromatic carbocycles. The molecular formula is C14H20F2N2. The van der Waals surface area contributed by atoms with Crippen LogP contribution < -0.4 is 5.73 Å². The fraction of sp³-hybridized carbons (Fsp3) is 0.571. The smallest absolute Gasteiger partial charge is 0.128 e. The maximum atomic E-state index is 13.5. The molecule has 0 aromatic heterocycles. The zero-order chi connectivity index (χ0) is 13.1. The number of hydrogen-bond acceptors (Lipinski definition) is 2. The summed E-state index contributed by atoms with van der Waals surface area (Å²) in [5.41, 5.74) is 6.21. The van der Waals surface area contributed by atoms with Crippen LogP contribution in [0.2, 0.25) is 0 Å². The molecule has 1 fully saturated rings. The van der Waals surface area contributed by atoms with E-state index in [1.807, 2.05) is 7.05 Å². The van der Waals surface area contributed by atoms with Gasteiger partial charge in [0.2, 0.25) is 0 Å². The van der Waals surface area contributed by atoms with Crippen molar-refractivity contribution in [1.82, 2.24) is 4.90 Å². The zero-order valence-corrected chi connectivity index (χ0v) is 10.7. The highest BCUT2D eigenvalue weighted by molar-refractivity contribution is 5.22. The predicted octanol–water partition coefficient (Wildman–Crippen LogP) is 2.70. The Balaban J connectivity index is 1.93. The van der Waals surface area contributed by atoms with Crippen LogP contribution in [0, 0.1) is 17.6 Å². The SMILES string of the molecule is CN(CC1CCC1)CC(N)c1cc(F)ccc1F. The van der Waals surface area contributed by atoms with Gasteiger partial charge >= 0.3 is 0 Å². The second-order valence-corrected chi connectivity index (χ2v) is 5.29. The van der Waals surface area contributed by atoms with Crippen LogP contribution in [0.1, 0.15) is 30.9 Å². The molecule has 0 aliphatic heterocycles. The monoisotopic (exact) mass is 254 g/mol. The number of halogens is 2. The van der Waals surface area contributed by atoms with Crippen LogP contribution in [0.3, 0.4) is 0 Å². The average molecular weight is 254 g/mol. The number of hydrogen-bond donors (Lipinski definition) is 1. The highest BCUT2D eigenvalue weighted by Crippen LogP contribution is 2.27.